The van der Waals surface area contributed by atoms with Crippen molar-refractivity contribution in [1.29, 1.82) is 0 Å². The molecule has 18 heteroatoms. The molecule has 1 aromatic heterocycles. The first kappa shape index (κ1) is 34.6. The topological polar surface area (TPSA) is 120 Å². The van der Waals surface area contributed by atoms with Gasteiger partial charge >= 0.3 is 12.4 Å². The summed E-state index contributed by atoms with van der Waals surface area (Å²) in [5.74, 6) is -3.74. The van der Waals surface area contributed by atoms with Gasteiger partial charge in [-0.15, -0.1) is 18.3 Å². The Morgan fingerprint density at radius 1 is 1.08 bits per heavy atom. The van der Waals surface area contributed by atoms with Gasteiger partial charge in [0, 0.05) is 17.5 Å². The van der Waals surface area contributed by atoms with Gasteiger partial charge in [-0.1, -0.05) is 47.6 Å². The Balaban J connectivity index is 1.20. The second-order valence-electron chi connectivity index (χ2n) is 10.2. The number of amides is 3. The molecule has 48 heavy (non-hydrogen) atoms. The zero-order valence-corrected chi connectivity index (χ0v) is 26.4. The Bertz CT molecular complexity index is 1820. The quantitative estimate of drug-likeness (QED) is 0.134. The third kappa shape index (κ3) is 8.99. The molecule has 1 aliphatic heterocycles. The number of hydrogen-bond acceptors (Lipinski definition) is 8. The number of anilines is 1. The van der Waals surface area contributed by atoms with Crippen molar-refractivity contribution in [3.8, 4) is 28.6 Å². The Morgan fingerprint density at radius 2 is 1.79 bits per heavy atom. The first-order chi connectivity index (χ1) is 22.6. The molecule has 2 heterocycles. The predicted molar refractivity (Wildman–Crippen MR) is 166 cm³/mol. The number of urea groups is 1. The molecule has 1 unspecified atom stereocenters. The summed E-state index contributed by atoms with van der Waals surface area (Å²) in [6, 6.07) is 15.2. The van der Waals surface area contributed by atoms with Gasteiger partial charge in [-0.2, -0.15) is 4.99 Å². The van der Waals surface area contributed by atoms with Gasteiger partial charge in [0.05, 0.1) is 17.1 Å². The van der Waals surface area contributed by atoms with Gasteiger partial charge in [0.25, 0.3) is 5.92 Å². The molecule has 252 valence electrons. The monoisotopic (exact) mass is 710 g/mol. The highest BCUT2D eigenvalue weighted by Crippen LogP contribution is 2.37. The number of aromatic nitrogens is 3. The average Bonchev–Trinajstić information content (AvgIpc) is 3.65. The van der Waals surface area contributed by atoms with Crippen molar-refractivity contribution < 1.29 is 45.9 Å². The van der Waals surface area contributed by atoms with Crippen LogP contribution in [0.5, 0.6) is 11.5 Å². The largest absolute Gasteiger partial charge is 0.573 e. The third-order valence-corrected chi connectivity index (χ3v) is 7.55. The van der Waals surface area contributed by atoms with Crippen molar-refractivity contribution in [2.75, 3.05) is 17.3 Å². The van der Waals surface area contributed by atoms with E-state index in [0.717, 1.165) is 28.8 Å². The Kier molecular flexibility index (Phi) is 10.2. The van der Waals surface area contributed by atoms with Gasteiger partial charge in [-0.05, 0) is 55.0 Å². The lowest BCUT2D eigenvalue weighted by molar-refractivity contribution is -0.274. The lowest BCUT2D eigenvalue weighted by atomic mass is 10.1. The first-order valence-electron chi connectivity index (χ1n) is 13.8. The van der Waals surface area contributed by atoms with E-state index in [1.54, 1.807) is 31.2 Å². The summed E-state index contributed by atoms with van der Waals surface area (Å²) >= 11 is 7.05. The third-order valence-electron chi connectivity index (χ3n) is 6.39. The number of alkyl halides is 5. The molecule has 0 spiro atoms. The van der Waals surface area contributed by atoms with Gasteiger partial charge in [0.15, 0.2) is 17.6 Å². The van der Waals surface area contributed by atoms with E-state index in [4.69, 9.17) is 21.2 Å². The minimum absolute atomic E-state index is 0.0361. The van der Waals surface area contributed by atoms with Crippen LogP contribution < -0.4 is 19.9 Å². The molecule has 0 bridgehead atoms. The molecular weight excluding hydrogens is 687 g/mol. The Labute approximate surface area is 278 Å². The number of benzene rings is 3. The standard InChI is InChI=1S/C30H24ClF5N6O5S/c1-17(18-3-5-19(6-4-18)26-37-16-41(39-26)21-8-10-22(11-9-21)46-30(34,35)36)47-40-27(44)38-28-42(25(43)14-48-28)23-13-20(31)7-12-24(23)45-15-29(2,32)33/h3-13,16-17H,14-15H2,1-2H3,(H,40,44)/b38-28-. The number of carbonyl (C=O) groups is 2. The maximum atomic E-state index is 13.4. The highest BCUT2D eigenvalue weighted by Gasteiger charge is 2.34. The number of hydroxylamine groups is 1. The lowest BCUT2D eigenvalue weighted by Crippen LogP contribution is -2.32. The molecule has 3 amide bonds. The van der Waals surface area contributed by atoms with Crippen LogP contribution in [0.25, 0.3) is 17.1 Å². The minimum atomic E-state index is -4.80. The highest BCUT2D eigenvalue weighted by atomic mass is 35.5. The van der Waals surface area contributed by atoms with Crippen LogP contribution in [0.3, 0.4) is 0 Å². The van der Waals surface area contributed by atoms with Crippen molar-refractivity contribution in [3.05, 3.63) is 83.6 Å². The molecule has 3 aromatic carbocycles. The molecule has 1 aliphatic rings. The zero-order valence-electron chi connectivity index (χ0n) is 24.9. The van der Waals surface area contributed by atoms with Gasteiger partial charge in [0.1, 0.15) is 23.9 Å². The lowest BCUT2D eigenvalue weighted by Gasteiger charge is -2.21. The second-order valence-corrected chi connectivity index (χ2v) is 11.6. The number of thioether (sulfide) groups is 1. The van der Waals surface area contributed by atoms with E-state index < -0.39 is 36.9 Å². The van der Waals surface area contributed by atoms with Crippen LogP contribution in [0.4, 0.5) is 32.4 Å². The molecule has 1 fully saturated rings. The fourth-order valence-corrected chi connectivity index (χ4v) is 5.24. The summed E-state index contributed by atoms with van der Waals surface area (Å²) < 4.78 is 74.6. The van der Waals surface area contributed by atoms with E-state index >= 15 is 0 Å². The number of halogens is 6. The molecule has 4 aromatic rings. The number of nitrogens with one attached hydrogen (secondary N) is 1. The van der Waals surface area contributed by atoms with Crippen molar-refractivity contribution >= 4 is 46.2 Å². The highest BCUT2D eigenvalue weighted by molar-refractivity contribution is 8.15. The number of aliphatic imine (C=N–C) groups is 1. The van der Waals surface area contributed by atoms with Crippen molar-refractivity contribution in [3.63, 3.8) is 0 Å². The SMILES string of the molecule is CC(ONC(=O)/N=C1\SCC(=O)N1c1cc(Cl)ccc1OCC(C)(F)F)c1ccc(-c2ncn(-c3ccc(OC(F)(F)F)cc3)n2)cc1. The van der Waals surface area contributed by atoms with E-state index in [9.17, 15) is 31.5 Å². The Hall–Kier alpha value is -4.74. The fraction of sp³-hybridized carbons (Fsp3) is 0.233. The van der Waals surface area contributed by atoms with Gasteiger partial charge < -0.3 is 9.47 Å². The molecule has 1 N–H and O–H groups in total. The van der Waals surface area contributed by atoms with Crippen LogP contribution in [-0.2, 0) is 9.63 Å². The number of rotatable bonds is 10. The number of nitrogens with zero attached hydrogens (tertiary/aromatic N) is 5. The van der Waals surface area contributed by atoms with Crippen molar-refractivity contribution in [2.24, 2.45) is 4.99 Å². The van der Waals surface area contributed by atoms with E-state index in [-0.39, 0.29) is 33.1 Å². The van der Waals surface area contributed by atoms with Crippen molar-refractivity contribution in [2.45, 2.75) is 32.2 Å². The molecule has 1 atom stereocenters. The molecular formula is C30H24ClF5N6O5S. The van der Waals surface area contributed by atoms with Crippen molar-refractivity contribution in [1.82, 2.24) is 20.2 Å². The number of hydrogen-bond donors (Lipinski definition) is 1. The summed E-state index contributed by atoms with van der Waals surface area (Å²) in [7, 11) is 0. The average molecular weight is 711 g/mol. The molecule has 0 aliphatic carbocycles. The van der Waals surface area contributed by atoms with Gasteiger partial charge in [-0.3, -0.25) is 14.5 Å². The summed E-state index contributed by atoms with van der Waals surface area (Å²) in [5.41, 5.74) is 4.02. The minimum Gasteiger partial charge on any atom is -0.485 e. The van der Waals surface area contributed by atoms with E-state index in [0.29, 0.717) is 29.6 Å². The van der Waals surface area contributed by atoms with Crippen LogP contribution in [0, 0.1) is 0 Å². The van der Waals surface area contributed by atoms with Gasteiger partial charge in [0.2, 0.25) is 5.91 Å². The van der Waals surface area contributed by atoms with E-state index in [1.165, 1.54) is 41.3 Å². The Morgan fingerprint density at radius 3 is 2.46 bits per heavy atom. The summed E-state index contributed by atoms with van der Waals surface area (Å²) in [4.78, 5) is 40.1. The van der Waals surface area contributed by atoms with Crippen LogP contribution in [0.15, 0.2) is 78.0 Å². The molecule has 0 saturated carbocycles. The normalized spacial score (nSPS) is 15.1. The van der Waals surface area contributed by atoms with Crippen LogP contribution in [0.1, 0.15) is 25.5 Å². The number of amidine groups is 1. The maximum Gasteiger partial charge on any atom is 0.573 e. The van der Waals surface area contributed by atoms with Crippen LogP contribution in [-0.4, -0.2) is 56.5 Å². The summed E-state index contributed by atoms with van der Waals surface area (Å²) in [5, 5.41) is 4.53. The van der Waals surface area contributed by atoms with Gasteiger partial charge in [-0.25, -0.2) is 28.7 Å². The molecule has 1 saturated heterocycles. The smallest absolute Gasteiger partial charge is 0.485 e. The van der Waals surface area contributed by atoms with Crippen LogP contribution >= 0.6 is 23.4 Å². The van der Waals surface area contributed by atoms with Crippen LogP contribution in [0.2, 0.25) is 5.02 Å². The molecule has 11 nitrogen and oxygen atoms in total. The number of ether oxygens (including phenoxy) is 2. The number of carbonyl (C=O) groups excluding carboxylic acids is 2. The fourth-order valence-electron chi connectivity index (χ4n) is 4.21. The predicted octanol–water partition coefficient (Wildman–Crippen LogP) is 7.36. The summed E-state index contributed by atoms with van der Waals surface area (Å²) in [6.45, 7) is 1.41. The maximum absolute atomic E-state index is 13.4. The first-order valence-corrected chi connectivity index (χ1v) is 15.2. The molecule has 0 radical (unpaired) electrons. The zero-order chi connectivity index (χ0) is 34.6. The molecule has 5 rings (SSSR count). The van der Waals surface area contributed by atoms with E-state index in [2.05, 4.69) is 25.3 Å². The summed E-state index contributed by atoms with van der Waals surface area (Å²) in [6.07, 6.45) is -4.04. The second kappa shape index (κ2) is 14.2. The van der Waals surface area contributed by atoms with E-state index in [1.807, 2.05) is 0 Å².